The van der Waals surface area contributed by atoms with E-state index in [0.717, 1.165) is 10.2 Å². The molecule has 0 aliphatic carbocycles. The first-order valence-electron chi connectivity index (χ1n) is 11.7. The smallest absolute Gasteiger partial charge is 0.350 e. The summed E-state index contributed by atoms with van der Waals surface area (Å²) in [6, 6.07) is 9.08. The summed E-state index contributed by atoms with van der Waals surface area (Å²) < 4.78 is 23.1. The minimum atomic E-state index is -0.804. The molecule has 0 bridgehead atoms. The predicted octanol–water partition coefficient (Wildman–Crippen LogP) is 1.64. The van der Waals surface area contributed by atoms with E-state index in [4.69, 9.17) is 30.1 Å². The number of hydrogen-bond donors (Lipinski definition) is 4. The molecule has 2 aromatic heterocycles. The molecule has 4 aromatic rings. The zero-order chi connectivity index (χ0) is 27.5. The average Bonchev–Trinajstić information content (AvgIpc) is 3.32. The highest BCUT2D eigenvalue weighted by atomic mass is 16.7. The Morgan fingerprint density at radius 1 is 1.23 bits per heavy atom. The summed E-state index contributed by atoms with van der Waals surface area (Å²) in [6.45, 7) is 1.63. The number of nitrogens with zero attached hydrogens (tertiary/aromatic N) is 4. The van der Waals surface area contributed by atoms with Crippen LogP contribution in [0.3, 0.4) is 0 Å². The number of hydrogen-bond acceptors (Lipinski definition) is 11. The molecule has 0 spiro atoms. The number of ether oxygens (including phenoxy) is 4. The van der Waals surface area contributed by atoms with Crippen LogP contribution in [0.25, 0.3) is 5.95 Å². The fraction of sp³-hybridized carbons (Fsp3) is 0.200. The lowest BCUT2D eigenvalue weighted by atomic mass is 10.0. The SMILES string of the molecule is COc1cc(C(Nc2ccc(C(=N)N)cc2OC(C)=O)c2nn(-c3ncccn3)c(=O)[nH]2)cc2c1OCOC2. The Labute approximate surface area is 221 Å². The van der Waals surface area contributed by atoms with E-state index in [1.807, 2.05) is 6.07 Å². The Balaban J connectivity index is 1.65. The number of aromatic nitrogens is 5. The number of rotatable bonds is 8. The van der Waals surface area contributed by atoms with E-state index in [9.17, 15) is 9.59 Å². The molecule has 3 heterocycles. The van der Waals surface area contributed by atoms with E-state index in [2.05, 4.69) is 25.4 Å². The fourth-order valence-corrected chi connectivity index (χ4v) is 4.05. The maximum atomic E-state index is 12.9. The van der Waals surface area contributed by atoms with Gasteiger partial charge in [0.1, 0.15) is 11.9 Å². The molecule has 0 amide bonds. The summed E-state index contributed by atoms with van der Waals surface area (Å²) in [5.74, 6) is 0.657. The standard InChI is InChI=1S/C25H24N8O6/c1-13(34)39-18-9-14(22(26)27)4-5-17(18)30-20(15-8-16-11-37-12-38-21(16)19(10-15)36-2)23-31-25(35)33(32-23)24-28-6-3-7-29-24/h3-10,20,30H,11-12H2,1-2H3,(H3,26,27)(H,31,32,35). The number of aromatic amines is 1. The van der Waals surface area contributed by atoms with Gasteiger partial charge in [0.2, 0.25) is 0 Å². The molecule has 0 fully saturated rings. The third-order valence-corrected chi connectivity index (χ3v) is 5.75. The van der Waals surface area contributed by atoms with Crippen LogP contribution < -0.4 is 31.0 Å². The largest absolute Gasteiger partial charge is 0.493 e. The van der Waals surface area contributed by atoms with E-state index in [1.54, 1.807) is 24.3 Å². The van der Waals surface area contributed by atoms with Crippen molar-refractivity contribution < 1.29 is 23.7 Å². The first-order chi connectivity index (χ1) is 18.8. The van der Waals surface area contributed by atoms with Crippen molar-refractivity contribution in [1.82, 2.24) is 24.7 Å². The highest BCUT2D eigenvalue weighted by molar-refractivity contribution is 5.96. The Hall–Kier alpha value is -5.24. The summed E-state index contributed by atoms with van der Waals surface area (Å²) in [7, 11) is 1.52. The van der Waals surface area contributed by atoms with E-state index in [1.165, 1.54) is 32.5 Å². The zero-order valence-electron chi connectivity index (χ0n) is 20.9. The van der Waals surface area contributed by atoms with Gasteiger partial charge in [-0.25, -0.2) is 14.8 Å². The Bertz CT molecular complexity index is 1580. The van der Waals surface area contributed by atoms with Crippen molar-refractivity contribution in [3.63, 3.8) is 0 Å². The first-order valence-corrected chi connectivity index (χ1v) is 11.7. The van der Waals surface area contributed by atoms with Crippen molar-refractivity contribution >= 4 is 17.5 Å². The molecular formula is C25H24N8O6. The summed E-state index contributed by atoms with van der Waals surface area (Å²) >= 11 is 0. The highest BCUT2D eigenvalue weighted by Gasteiger charge is 2.26. The van der Waals surface area contributed by atoms with Gasteiger partial charge in [-0.3, -0.25) is 15.2 Å². The molecule has 2 aromatic carbocycles. The molecule has 1 unspecified atom stereocenters. The number of nitrogens with two attached hydrogens (primary N) is 1. The first kappa shape index (κ1) is 25.4. The second kappa shape index (κ2) is 10.6. The minimum absolute atomic E-state index is 0.0833. The number of nitrogens with one attached hydrogen (secondary N) is 3. The van der Waals surface area contributed by atoms with Gasteiger partial charge in [-0.15, -0.1) is 9.78 Å². The monoisotopic (exact) mass is 532 g/mol. The van der Waals surface area contributed by atoms with Gasteiger partial charge in [0.05, 0.1) is 19.4 Å². The van der Waals surface area contributed by atoms with Crippen LogP contribution in [0.5, 0.6) is 17.2 Å². The molecule has 5 rings (SSSR count). The molecule has 1 aliphatic heterocycles. The lowest BCUT2D eigenvalue weighted by Crippen LogP contribution is -2.19. The van der Waals surface area contributed by atoms with Gasteiger partial charge < -0.3 is 30.0 Å². The number of anilines is 1. The number of carbonyl (C=O) groups is 1. The Morgan fingerprint density at radius 3 is 2.74 bits per heavy atom. The zero-order valence-corrected chi connectivity index (χ0v) is 20.9. The molecule has 0 radical (unpaired) electrons. The van der Waals surface area contributed by atoms with Crippen LogP contribution in [0.4, 0.5) is 5.69 Å². The lowest BCUT2D eigenvalue weighted by Gasteiger charge is -2.25. The Kier molecular flexibility index (Phi) is 6.93. The minimum Gasteiger partial charge on any atom is -0.493 e. The van der Waals surface area contributed by atoms with Crippen LogP contribution in [0.2, 0.25) is 0 Å². The second-order valence-corrected chi connectivity index (χ2v) is 8.39. The predicted molar refractivity (Wildman–Crippen MR) is 137 cm³/mol. The van der Waals surface area contributed by atoms with Gasteiger partial charge in [-0.1, -0.05) is 0 Å². The van der Waals surface area contributed by atoms with E-state index >= 15 is 0 Å². The summed E-state index contributed by atoms with van der Waals surface area (Å²) in [4.78, 5) is 35.7. The van der Waals surface area contributed by atoms with Crippen LogP contribution in [0, 0.1) is 5.41 Å². The van der Waals surface area contributed by atoms with Gasteiger partial charge >= 0.3 is 11.7 Å². The number of H-pyrrole nitrogens is 1. The topological polar surface area (TPSA) is 192 Å². The lowest BCUT2D eigenvalue weighted by molar-refractivity contribution is -0.131. The van der Waals surface area contributed by atoms with Gasteiger partial charge in [0.25, 0.3) is 5.95 Å². The van der Waals surface area contributed by atoms with Crippen molar-refractivity contribution in [3.8, 4) is 23.2 Å². The highest BCUT2D eigenvalue weighted by Crippen LogP contribution is 2.39. The number of amidine groups is 1. The van der Waals surface area contributed by atoms with Crippen LogP contribution in [0.1, 0.15) is 35.5 Å². The molecular weight excluding hydrogens is 508 g/mol. The van der Waals surface area contributed by atoms with Gasteiger partial charge in [0, 0.05) is 30.4 Å². The van der Waals surface area contributed by atoms with E-state index < -0.39 is 17.7 Å². The molecule has 0 saturated carbocycles. The number of methoxy groups -OCH3 is 1. The van der Waals surface area contributed by atoms with E-state index in [0.29, 0.717) is 28.3 Å². The van der Waals surface area contributed by atoms with Crippen molar-refractivity contribution in [3.05, 3.63) is 81.8 Å². The molecule has 1 atom stereocenters. The fourth-order valence-electron chi connectivity index (χ4n) is 4.05. The molecule has 5 N–H and O–H groups in total. The van der Waals surface area contributed by atoms with Gasteiger partial charge in [-0.2, -0.15) is 0 Å². The average molecular weight is 533 g/mol. The molecule has 39 heavy (non-hydrogen) atoms. The second-order valence-electron chi connectivity index (χ2n) is 8.39. The maximum absolute atomic E-state index is 12.9. The third-order valence-electron chi connectivity index (χ3n) is 5.75. The van der Waals surface area contributed by atoms with Crippen molar-refractivity contribution in [1.29, 1.82) is 5.41 Å². The van der Waals surface area contributed by atoms with Crippen LogP contribution in [0.15, 0.2) is 53.6 Å². The van der Waals surface area contributed by atoms with Crippen molar-refractivity contribution in [2.24, 2.45) is 5.73 Å². The molecule has 1 aliphatic rings. The molecule has 200 valence electrons. The van der Waals surface area contributed by atoms with E-state index in [-0.39, 0.29) is 36.8 Å². The number of fused-ring (bicyclic) bond motifs is 1. The quantitative estimate of drug-likeness (QED) is 0.112. The van der Waals surface area contributed by atoms with Crippen LogP contribution >= 0.6 is 0 Å². The number of benzene rings is 2. The van der Waals surface area contributed by atoms with Crippen molar-refractivity contribution in [2.75, 3.05) is 19.2 Å². The molecule has 0 saturated heterocycles. The number of nitrogen functional groups attached to an aromatic ring is 1. The van der Waals surface area contributed by atoms with Gasteiger partial charge in [0.15, 0.2) is 29.9 Å². The molecule has 14 heteroatoms. The van der Waals surface area contributed by atoms with Crippen molar-refractivity contribution in [2.45, 2.75) is 19.6 Å². The molecule has 14 nitrogen and oxygen atoms in total. The summed E-state index contributed by atoms with van der Waals surface area (Å²) in [6.07, 6.45) is 2.99. The number of esters is 1. The normalized spacial score (nSPS) is 13.1. The maximum Gasteiger partial charge on any atom is 0.350 e. The van der Waals surface area contributed by atoms with Gasteiger partial charge in [-0.05, 0) is 42.0 Å². The third kappa shape index (κ3) is 5.26. The number of carbonyl (C=O) groups excluding carboxylic acids is 1. The summed E-state index contributed by atoms with van der Waals surface area (Å²) in [5.41, 5.74) is 7.15. The van der Waals surface area contributed by atoms with Crippen LogP contribution in [-0.4, -0.2) is 50.4 Å². The Morgan fingerprint density at radius 2 is 2.03 bits per heavy atom. The summed E-state index contributed by atoms with van der Waals surface area (Å²) in [5, 5.41) is 15.5. The van der Waals surface area contributed by atoms with Crippen LogP contribution in [-0.2, 0) is 16.1 Å².